The molecule has 0 radical (unpaired) electrons. The fraction of sp³-hybridized carbons (Fsp3) is 0.400. The molecule has 0 saturated carbocycles. The molecule has 0 saturated heterocycles. The Kier molecular flexibility index (Phi) is 4.75. The summed E-state index contributed by atoms with van der Waals surface area (Å²) in [7, 11) is 1.64. The molecule has 2 aromatic rings. The second kappa shape index (κ2) is 7.34. The van der Waals surface area contributed by atoms with Gasteiger partial charge in [-0.1, -0.05) is 6.07 Å². The molecule has 7 nitrogen and oxygen atoms in total. The van der Waals surface area contributed by atoms with E-state index in [1.54, 1.807) is 18.0 Å². The zero-order valence-corrected chi connectivity index (χ0v) is 15.3. The summed E-state index contributed by atoms with van der Waals surface area (Å²) in [5, 5.41) is 2.68. The summed E-state index contributed by atoms with van der Waals surface area (Å²) in [6, 6.07) is 9.38. The van der Waals surface area contributed by atoms with Crippen LogP contribution < -0.4 is 14.8 Å². The van der Waals surface area contributed by atoms with E-state index in [9.17, 15) is 9.59 Å². The van der Waals surface area contributed by atoms with E-state index in [0.717, 1.165) is 5.69 Å². The predicted molar refractivity (Wildman–Crippen MR) is 98.8 cm³/mol. The molecule has 2 aliphatic rings. The van der Waals surface area contributed by atoms with Crippen molar-refractivity contribution in [2.45, 2.75) is 19.5 Å². The first kappa shape index (κ1) is 17.5. The molecule has 2 amide bonds. The number of hydrogen-bond donors (Lipinski definition) is 1. The van der Waals surface area contributed by atoms with Crippen molar-refractivity contribution in [2.75, 3.05) is 26.8 Å². The molecule has 1 aromatic heterocycles. The van der Waals surface area contributed by atoms with Crippen molar-refractivity contribution >= 4 is 11.8 Å². The van der Waals surface area contributed by atoms with E-state index in [-0.39, 0.29) is 17.7 Å². The van der Waals surface area contributed by atoms with Crippen LogP contribution in [0.15, 0.2) is 36.5 Å². The van der Waals surface area contributed by atoms with E-state index in [2.05, 4.69) is 9.88 Å². The van der Waals surface area contributed by atoms with Crippen molar-refractivity contribution in [3.8, 4) is 11.5 Å². The molecule has 0 fully saturated rings. The average Bonchev–Trinajstić information content (AvgIpc) is 3.05. The number of rotatable bonds is 3. The van der Waals surface area contributed by atoms with Gasteiger partial charge in [0.1, 0.15) is 13.2 Å². The molecule has 3 heterocycles. The Morgan fingerprint density at radius 3 is 2.85 bits per heavy atom. The first-order valence-corrected chi connectivity index (χ1v) is 9.18. The Balaban J connectivity index is 1.63. The van der Waals surface area contributed by atoms with E-state index in [0.29, 0.717) is 56.3 Å². The summed E-state index contributed by atoms with van der Waals surface area (Å²) in [5.41, 5.74) is 1.57. The van der Waals surface area contributed by atoms with Crippen molar-refractivity contribution in [3.05, 3.63) is 47.8 Å². The Morgan fingerprint density at radius 2 is 2.00 bits per heavy atom. The maximum absolute atomic E-state index is 13.3. The number of fused-ring (bicyclic) bond motifs is 2. The minimum atomic E-state index is -0.103. The van der Waals surface area contributed by atoms with Gasteiger partial charge in [0.05, 0.1) is 12.1 Å². The third kappa shape index (κ3) is 3.49. The van der Waals surface area contributed by atoms with Gasteiger partial charge in [-0.3, -0.25) is 9.59 Å². The highest BCUT2D eigenvalue weighted by atomic mass is 16.6. The van der Waals surface area contributed by atoms with Crippen LogP contribution >= 0.6 is 0 Å². The second-order valence-corrected chi connectivity index (χ2v) is 6.91. The van der Waals surface area contributed by atoms with Gasteiger partial charge in [0.25, 0.3) is 5.91 Å². The maximum Gasteiger partial charge on any atom is 0.258 e. The molecule has 2 aliphatic heterocycles. The number of carbonyl (C=O) groups is 2. The third-order valence-electron chi connectivity index (χ3n) is 5.05. The van der Waals surface area contributed by atoms with Crippen LogP contribution in [0, 0.1) is 5.92 Å². The fourth-order valence-corrected chi connectivity index (χ4v) is 3.74. The predicted octanol–water partition coefficient (Wildman–Crippen LogP) is 1.67. The highest BCUT2D eigenvalue weighted by molar-refractivity contribution is 5.98. The number of ether oxygens (including phenoxy) is 2. The van der Waals surface area contributed by atoms with Crippen molar-refractivity contribution < 1.29 is 19.1 Å². The lowest BCUT2D eigenvalue weighted by Crippen LogP contribution is -2.36. The lowest BCUT2D eigenvalue weighted by Gasteiger charge is -2.26. The fourth-order valence-electron chi connectivity index (χ4n) is 3.74. The van der Waals surface area contributed by atoms with E-state index in [1.165, 1.54) is 0 Å². The van der Waals surface area contributed by atoms with E-state index in [1.807, 2.05) is 30.5 Å². The van der Waals surface area contributed by atoms with Gasteiger partial charge in [0.15, 0.2) is 11.5 Å². The number of aromatic nitrogens is 1. The average molecular weight is 369 g/mol. The van der Waals surface area contributed by atoms with Gasteiger partial charge in [0.2, 0.25) is 5.91 Å². The van der Waals surface area contributed by atoms with Crippen LogP contribution in [0.25, 0.3) is 0 Å². The Hall–Kier alpha value is -2.96. The van der Waals surface area contributed by atoms with Gasteiger partial charge in [-0.2, -0.15) is 0 Å². The normalized spacial score (nSPS) is 18.4. The van der Waals surface area contributed by atoms with Gasteiger partial charge in [0, 0.05) is 44.4 Å². The molecular formula is C20H23N3O4. The number of carbonyl (C=O) groups excluding carboxylic acids is 2. The minimum Gasteiger partial charge on any atom is -0.486 e. The molecule has 0 unspecified atom stereocenters. The summed E-state index contributed by atoms with van der Waals surface area (Å²) in [5.74, 6) is 1.04. The Morgan fingerprint density at radius 1 is 1.15 bits per heavy atom. The minimum absolute atomic E-state index is 0.0168. The number of para-hydroxylation sites is 1. The molecule has 27 heavy (non-hydrogen) atoms. The monoisotopic (exact) mass is 369 g/mol. The van der Waals surface area contributed by atoms with E-state index in [4.69, 9.17) is 9.47 Å². The molecule has 7 heteroatoms. The van der Waals surface area contributed by atoms with Crippen LogP contribution in [0.4, 0.5) is 0 Å². The quantitative estimate of drug-likeness (QED) is 0.893. The maximum atomic E-state index is 13.3. The highest BCUT2D eigenvalue weighted by Crippen LogP contribution is 2.35. The zero-order valence-electron chi connectivity index (χ0n) is 15.3. The van der Waals surface area contributed by atoms with Crippen molar-refractivity contribution in [2.24, 2.45) is 5.92 Å². The number of nitrogens with zero attached hydrogens (tertiary/aromatic N) is 2. The highest BCUT2D eigenvalue weighted by Gasteiger charge is 2.29. The SMILES string of the molecule is CNC(=O)C[C@H]1CN(C(=O)c2cccc3c2OCCO3)Cc2cccn2C1. The molecule has 1 N–H and O–H groups in total. The van der Waals surface area contributed by atoms with Gasteiger partial charge >= 0.3 is 0 Å². The third-order valence-corrected chi connectivity index (χ3v) is 5.05. The molecule has 0 spiro atoms. The van der Waals surface area contributed by atoms with Crippen LogP contribution in [0.5, 0.6) is 11.5 Å². The lowest BCUT2D eigenvalue weighted by atomic mass is 10.0. The van der Waals surface area contributed by atoms with Crippen LogP contribution in [-0.4, -0.2) is 48.1 Å². The number of amides is 2. The molecule has 1 atom stereocenters. The van der Waals surface area contributed by atoms with Crippen molar-refractivity contribution in [3.63, 3.8) is 0 Å². The van der Waals surface area contributed by atoms with Gasteiger partial charge in [-0.15, -0.1) is 0 Å². The largest absolute Gasteiger partial charge is 0.486 e. The Bertz CT molecular complexity index is 861. The molecule has 0 bridgehead atoms. The summed E-state index contributed by atoms with van der Waals surface area (Å²) >= 11 is 0. The van der Waals surface area contributed by atoms with Crippen molar-refractivity contribution in [1.82, 2.24) is 14.8 Å². The van der Waals surface area contributed by atoms with Crippen LogP contribution in [0.3, 0.4) is 0 Å². The van der Waals surface area contributed by atoms with Crippen LogP contribution in [0.2, 0.25) is 0 Å². The zero-order chi connectivity index (χ0) is 18.8. The number of nitrogens with one attached hydrogen (secondary N) is 1. The lowest BCUT2D eigenvalue weighted by molar-refractivity contribution is -0.121. The molecular weight excluding hydrogens is 346 g/mol. The van der Waals surface area contributed by atoms with Crippen molar-refractivity contribution in [1.29, 1.82) is 0 Å². The van der Waals surface area contributed by atoms with Gasteiger partial charge in [-0.05, 0) is 24.3 Å². The molecule has 142 valence electrons. The van der Waals surface area contributed by atoms with Gasteiger partial charge < -0.3 is 24.3 Å². The Labute approximate surface area is 157 Å². The second-order valence-electron chi connectivity index (χ2n) is 6.91. The summed E-state index contributed by atoms with van der Waals surface area (Å²) < 4.78 is 13.5. The first-order valence-electron chi connectivity index (χ1n) is 9.18. The topological polar surface area (TPSA) is 72.8 Å². The molecule has 4 rings (SSSR count). The standard InChI is InChI=1S/C20H23N3O4/c1-21-18(24)10-14-11-22-7-3-4-15(22)13-23(12-14)20(25)16-5-2-6-17-19(16)27-9-8-26-17/h2-7,14H,8-13H2,1H3,(H,21,24)/t14-/m1/s1. The summed E-state index contributed by atoms with van der Waals surface area (Å²) in [6.45, 7) is 2.64. The van der Waals surface area contributed by atoms with Crippen LogP contribution in [0.1, 0.15) is 22.5 Å². The smallest absolute Gasteiger partial charge is 0.258 e. The van der Waals surface area contributed by atoms with E-state index >= 15 is 0 Å². The number of hydrogen-bond acceptors (Lipinski definition) is 4. The van der Waals surface area contributed by atoms with Crippen LogP contribution in [-0.2, 0) is 17.9 Å². The summed E-state index contributed by atoms with van der Waals surface area (Å²) in [4.78, 5) is 27.1. The first-order chi connectivity index (χ1) is 13.2. The van der Waals surface area contributed by atoms with Gasteiger partial charge in [-0.25, -0.2) is 0 Å². The number of benzene rings is 1. The summed E-state index contributed by atoms with van der Waals surface area (Å²) in [6.07, 6.45) is 2.38. The molecule has 1 aromatic carbocycles. The molecule has 0 aliphatic carbocycles. The van der Waals surface area contributed by atoms with E-state index < -0.39 is 0 Å².